The van der Waals surface area contributed by atoms with E-state index in [-0.39, 0.29) is 29.8 Å². The van der Waals surface area contributed by atoms with Crippen LogP contribution in [0.15, 0.2) is 30.5 Å². The monoisotopic (exact) mass is 349 g/mol. The Balaban J connectivity index is 2.05. The molecule has 0 saturated heterocycles. The maximum Gasteiger partial charge on any atom is 0.275 e. The van der Waals surface area contributed by atoms with Crippen molar-refractivity contribution in [3.05, 3.63) is 42.0 Å². The van der Waals surface area contributed by atoms with Crippen molar-refractivity contribution in [1.82, 2.24) is 15.1 Å². The van der Waals surface area contributed by atoms with Gasteiger partial charge in [0.05, 0.1) is 11.9 Å². The van der Waals surface area contributed by atoms with E-state index >= 15 is 0 Å². The molecule has 25 heavy (non-hydrogen) atoms. The number of carbonyl (C=O) groups excluding carboxylic acids is 1. The molecule has 3 N–H and O–H groups in total. The number of aliphatic hydroxyl groups is 1. The molecule has 136 valence electrons. The summed E-state index contributed by atoms with van der Waals surface area (Å²) in [7, 11) is 0. The summed E-state index contributed by atoms with van der Waals surface area (Å²) >= 11 is 0. The van der Waals surface area contributed by atoms with Gasteiger partial charge in [0.1, 0.15) is 5.82 Å². The molecular weight excluding hydrogens is 325 g/mol. The average Bonchev–Trinajstić information content (AvgIpc) is 2.94. The van der Waals surface area contributed by atoms with Crippen LogP contribution in [0, 0.1) is 17.7 Å². The van der Waals surface area contributed by atoms with E-state index in [4.69, 9.17) is 5.11 Å². The minimum atomic E-state index is -0.481. The number of carbonyl (C=O) groups is 1. The fourth-order valence-corrected chi connectivity index (χ4v) is 2.73. The Morgan fingerprint density at radius 2 is 2.00 bits per heavy atom. The van der Waals surface area contributed by atoms with Crippen molar-refractivity contribution in [3.8, 4) is 11.4 Å². The van der Waals surface area contributed by atoms with Gasteiger partial charge in [-0.3, -0.25) is 4.79 Å². The molecule has 0 aliphatic carbocycles. The molecule has 2 aromatic rings. The zero-order valence-corrected chi connectivity index (χ0v) is 14.4. The highest BCUT2D eigenvalue weighted by Gasteiger charge is 2.19. The summed E-state index contributed by atoms with van der Waals surface area (Å²) in [4.78, 5) is 12.3. The molecule has 0 aliphatic rings. The van der Waals surface area contributed by atoms with Gasteiger partial charge < -0.3 is 15.5 Å². The van der Waals surface area contributed by atoms with Gasteiger partial charge in [0.25, 0.3) is 5.91 Å². The number of nitrogens with one attached hydrogen (secondary N) is 1. The molecule has 0 bridgehead atoms. The molecular formula is C18H24FN3O3. The lowest BCUT2D eigenvalue weighted by molar-refractivity contribution is 0.0933. The number of aliphatic hydroxyl groups excluding tert-OH is 1. The van der Waals surface area contributed by atoms with Gasteiger partial charge in [-0.2, -0.15) is 5.10 Å². The Kier molecular flexibility index (Phi) is 6.52. The van der Waals surface area contributed by atoms with Crippen molar-refractivity contribution in [2.75, 3.05) is 13.2 Å². The Bertz CT molecular complexity index is 698. The van der Waals surface area contributed by atoms with Crippen molar-refractivity contribution >= 4 is 5.91 Å². The first kappa shape index (κ1) is 18.9. The van der Waals surface area contributed by atoms with E-state index in [2.05, 4.69) is 24.3 Å². The molecule has 7 heteroatoms. The second-order valence-corrected chi connectivity index (χ2v) is 6.50. The number of hydrogen-bond acceptors (Lipinski definition) is 4. The van der Waals surface area contributed by atoms with Crippen molar-refractivity contribution in [3.63, 3.8) is 0 Å². The van der Waals surface area contributed by atoms with E-state index in [9.17, 15) is 14.3 Å². The second kappa shape index (κ2) is 8.62. The molecule has 6 nitrogen and oxygen atoms in total. The van der Waals surface area contributed by atoms with Crippen LogP contribution in [0.4, 0.5) is 4.39 Å². The predicted molar refractivity (Wildman–Crippen MR) is 92.2 cm³/mol. The fourth-order valence-electron chi connectivity index (χ4n) is 2.73. The first-order chi connectivity index (χ1) is 11.9. The summed E-state index contributed by atoms with van der Waals surface area (Å²) in [5.74, 6) is -0.484. The fraction of sp³-hybridized carbons (Fsp3) is 0.444. The zero-order chi connectivity index (χ0) is 18.4. The minimum absolute atomic E-state index is 0.0672. The summed E-state index contributed by atoms with van der Waals surface area (Å²) in [6.45, 7) is 4.64. The third-order valence-corrected chi connectivity index (χ3v) is 3.89. The Morgan fingerprint density at radius 1 is 1.32 bits per heavy atom. The van der Waals surface area contributed by atoms with Gasteiger partial charge in [-0.1, -0.05) is 13.8 Å². The van der Waals surface area contributed by atoms with Gasteiger partial charge in [-0.15, -0.1) is 0 Å². The third-order valence-electron chi connectivity index (χ3n) is 3.89. The van der Waals surface area contributed by atoms with E-state index in [0.29, 0.717) is 24.6 Å². The van der Waals surface area contributed by atoms with Crippen molar-refractivity contribution in [2.24, 2.45) is 11.8 Å². The topological polar surface area (TPSA) is 87.4 Å². The molecule has 0 fully saturated rings. The summed E-state index contributed by atoms with van der Waals surface area (Å²) in [5, 5.41) is 25.9. The lowest BCUT2D eigenvalue weighted by Gasteiger charge is -2.18. The minimum Gasteiger partial charge on any atom is -0.504 e. The van der Waals surface area contributed by atoms with Crippen LogP contribution in [-0.4, -0.2) is 39.1 Å². The quantitative estimate of drug-likeness (QED) is 0.683. The standard InChI is InChI=1S/C18H24FN3O3/c1-12(2)9-13(7-8-23)10-20-18(25)17-16(24)11-22(21-17)15-5-3-14(19)4-6-15/h3-6,11-13,23-24H,7-10H2,1-2H3,(H,20,25). The van der Waals surface area contributed by atoms with E-state index < -0.39 is 5.91 Å². The lowest BCUT2D eigenvalue weighted by atomic mass is 9.94. The van der Waals surface area contributed by atoms with E-state index in [0.717, 1.165) is 6.42 Å². The van der Waals surface area contributed by atoms with Crippen LogP contribution in [0.2, 0.25) is 0 Å². The number of amides is 1. The molecule has 1 unspecified atom stereocenters. The predicted octanol–water partition coefficient (Wildman–Crippen LogP) is 2.49. The van der Waals surface area contributed by atoms with Gasteiger partial charge in [0, 0.05) is 13.2 Å². The summed E-state index contributed by atoms with van der Waals surface area (Å²) in [6, 6.07) is 5.56. The van der Waals surface area contributed by atoms with E-state index in [1.807, 2.05) is 0 Å². The summed E-state index contributed by atoms with van der Waals surface area (Å²) in [6.07, 6.45) is 2.80. The van der Waals surface area contributed by atoms with Gasteiger partial charge in [0.2, 0.25) is 0 Å². The first-order valence-electron chi connectivity index (χ1n) is 8.34. The average molecular weight is 349 g/mol. The first-order valence-corrected chi connectivity index (χ1v) is 8.34. The zero-order valence-electron chi connectivity index (χ0n) is 14.4. The van der Waals surface area contributed by atoms with Gasteiger partial charge in [-0.25, -0.2) is 9.07 Å². The number of aromatic nitrogens is 2. The van der Waals surface area contributed by atoms with Crippen LogP contribution in [0.25, 0.3) is 5.69 Å². The molecule has 0 saturated carbocycles. The maximum atomic E-state index is 13.0. The highest BCUT2D eigenvalue weighted by molar-refractivity contribution is 5.94. The number of hydrogen-bond donors (Lipinski definition) is 3. The maximum absolute atomic E-state index is 13.0. The smallest absolute Gasteiger partial charge is 0.275 e. The van der Waals surface area contributed by atoms with Crippen molar-refractivity contribution in [1.29, 1.82) is 0 Å². The van der Waals surface area contributed by atoms with Gasteiger partial charge >= 0.3 is 0 Å². The molecule has 0 spiro atoms. The van der Waals surface area contributed by atoms with Crippen molar-refractivity contribution < 1.29 is 19.4 Å². The number of aromatic hydroxyl groups is 1. The van der Waals surface area contributed by atoms with E-state index in [1.165, 1.54) is 35.1 Å². The van der Waals surface area contributed by atoms with Crippen LogP contribution in [0.5, 0.6) is 5.75 Å². The second-order valence-electron chi connectivity index (χ2n) is 6.50. The van der Waals surface area contributed by atoms with Crippen LogP contribution in [0.3, 0.4) is 0 Å². The molecule has 1 atom stereocenters. The van der Waals surface area contributed by atoms with Gasteiger partial charge in [-0.05, 0) is 48.9 Å². The number of rotatable bonds is 8. The van der Waals surface area contributed by atoms with Crippen LogP contribution < -0.4 is 5.32 Å². The number of benzene rings is 1. The Labute approximate surface area is 146 Å². The van der Waals surface area contributed by atoms with Crippen molar-refractivity contribution in [2.45, 2.75) is 26.7 Å². The Morgan fingerprint density at radius 3 is 2.60 bits per heavy atom. The molecule has 1 aromatic carbocycles. The van der Waals surface area contributed by atoms with Gasteiger partial charge in [0.15, 0.2) is 11.4 Å². The molecule has 1 amide bonds. The van der Waals surface area contributed by atoms with Crippen LogP contribution in [-0.2, 0) is 0 Å². The number of nitrogens with zero attached hydrogens (tertiary/aromatic N) is 2. The lowest BCUT2D eigenvalue weighted by Crippen LogP contribution is -2.30. The largest absolute Gasteiger partial charge is 0.504 e. The highest BCUT2D eigenvalue weighted by atomic mass is 19.1. The number of halogens is 1. The van der Waals surface area contributed by atoms with E-state index in [1.54, 1.807) is 0 Å². The molecule has 1 heterocycles. The summed E-state index contributed by atoms with van der Waals surface area (Å²) < 4.78 is 14.3. The highest BCUT2D eigenvalue weighted by Crippen LogP contribution is 2.19. The Hall–Kier alpha value is -2.41. The normalized spacial score (nSPS) is 12.4. The third kappa shape index (κ3) is 5.29. The van der Waals surface area contributed by atoms with Crippen LogP contribution in [0.1, 0.15) is 37.2 Å². The SMILES string of the molecule is CC(C)CC(CCO)CNC(=O)c1nn(-c2ccc(F)cc2)cc1O. The molecule has 0 aliphatic heterocycles. The molecule has 0 radical (unpaired) electrons. The van der Waals surface area contributed by atoms with Crippen LogP contribution >= 0.6 is 0 Å². The summed E-state index contributed by atoms with van der Waals surface area (Å²) in [5.41, 5.74) is 0.449. The molecule has 1 aromatic heterocycles. The molecule has 2 rings (SSSR count).